The Morgan fingerprint density at radius 2 is 2.29 bits per heavy atom. The van der Waals surface area contributed by atoms with E-state index >= 15 is 0 Å². The molecule has 0 bridgehead atoms. The molecule has 0 amide bonds. The van der Waals surface area contributed by atoms with E-state index < -0.39 is 0 Å². The Labute approximate surface area is 83.9 Å². The first-order valence-electron chi connectivity index (χ1n) is 4.86. The molecule has 1 aliphatic rings. The van der Waals surface area contributed by atoms with Crippen LogP contribution in [-0.2, 0) is 11.3 Å². The summed E-state index contributed by atoms with van der Waals surface area (Å²) in [7, 11) is 0. The quantitative estimate of drug-likeness (QED) is 0.773. The number of para-hydroxylation sites is 1. The highest BCUT2D eigenvalue weighted by Gasteiger charge is 2.19. The summed E-state index contributed by atoms with van der Waals surface area (Å²) in [5.41, 5.74) is 0.963. The molecular formula is C11H15NO2. The zero-order chi connectivity index (χ0) is 9.97. The Kier molecular flexibility index (Phi) is 2.70. The van der Waals surface area contributed by atoms with Crippen LogP contribution in [0.2, 0.25) is 0 Å². The maximum atomic E-state index is 9.57. The maximum absolute atomic E-state index is 9.57. The molecule has 1 aromatic rings. The third-order valence-electron chi connectivity index (χ3n) is 2.44. The van der Waals surface area contributed by atoms with Gasteiger partial charge in [0.15, 0.2) is 0 Å². The van der Waals surface area contributed by atoms with Gasteiger partial charge in [-0.1, -0.05) is 18.2 Å². The van der Waals surface area contributed by atoms with Crippen LogP contribution in [0.25, 0.3) is 0 Å². The summed E-state index contributed by atoms with van der Waals surface area (Å²) in [5, 5.41) is 9.57. The molecular weight excluding hydrogens is 178 g/mol. The minimum absolute atomic E-state index is 0.306. The fraction of sp³-hybridized carbons (Fsp3) is 0.455. The van der Waals surface area contributed by atoms with Gasteiger partial charge in [-0.05, 0) is 13.0 Å². The van der Waals surface area contributed by atoms with Crippen LogP contribution in [0.15, 0.2) is 24.3 Å². The minimum Gasteiger partial charge on any atom is -0.508 e. The van der Waals surface area contributed by atoms with Gasteiger partial charge in [0.1, 0.15) is 5.75 Å². The van der Waals surface area contributed by atoms with Crippen molar-refractivity contribution in [2.45, 2.75) is 19.6 Å². The highest BCUT2D eigenvalue weighted by Crippen LogP contribution is 2.19. The van der Waals surface area contributed by atoms with Gasteiger partial charge in [-0.3, -0.25) is 4.90 Å². The predicted octanol–water partition coefficient (Wildman–Crippen LogP) is 1.57. The molecule has 1 unspecified atom stereocenters. The van der Waals surface area contributed by atoms with Crippen LogP contribution in [0.4, 0.5) is 0 Å². The summed E-state index contributed by atoms with van der Waals surface area (Å²) in [6.45, 7) is 4.42. The van der Waals surface area contributed by atoms with E-state index in [0.717, 1.165) is 18.7 Å². The molecule has 1 atom stereocenters. The van der Waals surface area contributed by atoms with Gasteiger partial charge in [0.05, 0.1) is 12.8 Å². The Morgan fingerprint density at radius 3 is 2.93 bits per heavy atom. The summed E-state index contributed by atoms with van der Waals surface area (Å²) < 4.78 is 5.42. The lowest BCUT2D eigenvalue weighted by molar-refractivity contribution is 0.0969. The standard InChI is InChI=1S/C11H15NO2/c1-9-6-12(8-14-9)7-10-4-2-3-5-11(10)13/h2-5,9,13H,6-8H2,1H3. The van der Waals surface area contributed by atoms with Crippen LogP contribution in [-0.4, -0.2) is 29.4 Å². The van der Waals surface area contributed by atoms with Crippen LogP contribution >= 0.6 is 0 Å². The van der Waals surface area contributed by atoms with E-state index in [1.807, 2.05) is 18.2 Å². The van der Waals surface area contributed by atoms with Crippen molar-refractivity contribution in [2.24, 2.45) is 0 Å². The van der Waals surface area contributed by atoms with Gasteiger partial charge in [-0.25, -0.2) is 0 Å². The zero-order valence-corrected chi connectivity index (χ0v) is 8.31. The van der Waals surface area contributed by atoms with E-state index in [1.165, 1.54) is 0 Å². The molecule has 2 rings (SSSR count). The van der Waals surface area contributed by atoms with Crippen molar-refractivity contribution < 1.29 is 9.84 Å². The number of aromatic hydroxyl groups is 1. The van der Waals surface area contributed by atoms with E-state index in [0.29, 0.717) is 18.6 Å². The van der Waals surface area contributed by atoms with Crippen molar-refractivity contribution in [3.63, 3.8) is 0 Å². The van der Waals surface area contributed by atoms with Gasteiger partial charge in [-0.2, -0.15) is 0 Å². The van der Waals surface area contributed by atoms with Crippen LogP contribution in [0, 0.1) is 0 Å². The number of benzene rings is 1. The number of phenolic OH excluding ortho intramolecular Hbond substituents is 1. The van der Waals surface area contributed by atoms with E-state index in [9.17, 15) is 5.11 Å². The topological polar surface area (TPSA) is 32.7 Å². The average Bonchev–Trinajstić information content (AvgIpc) is 2.56. The summed E-state index contributed by atoms with van der Waals surface area (Å²) in [6.07, 6.45) is 0.306. The third-order valence-corrected chi connectivity index (χ3v) is 2.44. The van der Waals surface area contributed by atoms with E-state index in [4.69, 9.17) is 4.74 Å². The lowest BCUT2D eigenvalue weighted by atomic mass is 10.2. The highest BCUT2D eigenvalue weighted by molar-refractivity contribution is 5.31. The molecule has 1 aliphatic heterocycles. The molecule has 0 saturated carbocycles. The van der Waals surface area contributed by atoms with Gasteiger partial charge >= 0.3 is 0 Å². The van der Waals surface area contributed by atoms with E-state index in [1.54, 1.807) is 6.07 Å². The number of nitrogens with zero attached hydrogens (tertiary/aromatic N) is 1. The summed E-state index contributed by atoms with van der Waals surface area (Å²) in [6, 6.07) is 7.44. The summed E-state index contributed by atoms with van der Waals surface area (Å²) in [4.78, 5) is 2.18. The molecule has 0 aliphatic carbocycles. The number of rotatable bonds is 2. The van der Waals surface area contributed by atoms with Crippen molar-refractivity contribution in [1.82, 2.24) is 4.90 Å². The molecule has 0 radical (unpaired) electrons. The van der Waals surface area contributed by atoms with Crippen molar-refractivity contribution in [3.8, 4) is 5.75 Å². The van der Waals surface area contributed by atoms with Crippen LogP contribution < -0.4 is 0 Å². The van der Waals surface area contributed by atoms with E-state index in [-0.39, 0.29) is 0 Å². The average molecular weight is 193 g/mol. The molecule has 1 heterocycles. The van der Waals surface area contributed by atoms with E-state index in [2.05, 4.69) is 11.8 Å². The highest BCUT2D eigenvalue weighted by atomic mass is 16.5. The Hall–Kier alpha value is -1.06. The fourth-order valence-electron chi connectivity index (χ4n) is 1.70. The molecule has 3 nitrogen and oxygen atoms in total. The second-order valence-corrected chi connectivity index (χ2v) is 3.75. The van der Waals surface area contributed by atoms with Gasteiger partial charge in [0.2, 0.25) is 0 Å². The number of hydrogen-bond donors (Lipinski definition) is 1. The zero-order valence-electron chi connectivity index (χ0n) is 8.31. The lowest BCUT2D eigenvalue weighted by Crippen LogP contribution is -2.20. The van der Waals surface area contributed by atoms with Crippen molar-refractivity contribution >= 4 is 0 Å². The first-order valence-corrected chi connectivity index (χ1v) is 4.86. The van der Waals surface area contributed by atoms with Crippen LogP contribution in [0.5, 0.6) is 5.75 Å². The largest absolute Gasteiger partial charge is 0.508 e. The maximum Gasteiger partial charge on any atom is 0.120 e. The SMILES string of the molecule is CC1CN(Cc2ccccc2O)CO1. The van der Waals surface area contributed by atoms with Crippen molar-refractivity contribution in [3.05, 3.63) is 29.8 Å². The van der Waals surface area contributed by atoms with Crippen LogP contribution in [0.1, 0.15) is 12.5 Å². The number of hydrogen-bond acceptors (Lipinski definition) is 3. The molecule has 1 fully saturated rings. The second kappa shape index (κ2) is 3.98. The van der Waals surface area contributed by atoms with Crippen molar-refractivity contribution in [2.75, 3.05) is 13.3 Å². The molecule has 0 spiro atoms. The smallest absolute Gasteiger partial charge is 0.120 e. The molecule has 1 aromatic carbocycles. The molecule has 3 heteroatoms. The molecule has 14 heavy (non-hydrogen) atoms. The molecule has 1 N–H and O–H groups in total. The van der Waals surface area contributed by atoms with Gasteiger partial charge in [0.25, 0.3) is 0 Å². The monoisotopic (exact) mass is 193 g/mol. The third kappa shape index (κ3) is 2.05. The Morgan fingerprint density at radius 1 is 1.50 bits per heavy atom. The van der Waals surface area contributed by atoms with Gasteiger partial charge in [-0.15, -0.1) is 0 Å². The minimum atomic E-state index is 0.306. The van der Waals surface area contributed by atoms with Gasteiger partial charge < -0.3 is 9.84 Å². The van der Waals surface area contributed by atoms with Gasteiger partial charge in [0, 0.05) is 18.7 Å². The Balaban J connectivity index is 2.01. The lowest BCUT2D eigenvalue weighted by Gasteiger charge is -2.13. The Bertz CT molecular complexity index is 314. The van der Waals surface area contributed by atoms with Crippen LogP contribution in [0.3, 0.4) is 0 Å². The summed E-state index contributed by atoms with van der Waals surface area (Å²) in [5.74, 6) is 0.368. The molecule has 76 valence electrons. The predicted molar refractivity (Wildman–Crippen MR) is 53.9 cm³/mol. The molecule has 0 aromatic heterocycles. The number of ether oxygens (including phenoxy) is 1. The summed E-state index contributed by atoms with van der Waals surface area (Å²) >= 11 is 0. The fourth-order valence-corrected chi connectivity index (χ4v) is 1.70. The first-order chi connectivity index (χ1) is 6.75. The first kappa shape index (κ1) is 9.49. The normalized spacial score (nSPS) is 22.8. The second-order valence-electron chi connectivity index (χ2n) is 3.75. The number of phenols is 1. The van der Waals surface area contributed by atoms with Crippen molar-refractivity contribution in [1.29, 1.82) is 0 Å². The molecule has 1 saturated heterocycles.